The van der Waals surface area contributed by atoms with E-state index in [1.807, 2.05) is 27.9 Å². The van der Waals surface area contributed by atoms with Crippen molar-refractivity contribution in [3.8, 4) is 0 Å². The summed E-state index contributed by atoms with van der Waals surface area (Å²) in [7, 11) is 4.00. The first-order chi connectivity index (χ1) is 8.71. The molecule has 0 spiro atoms. The van der Waals surface area contributed by atoms with E-state index in [0.717, 1.165) is 6.54 Å². The molecule has 5 heteroatoms. The number of likely N-dealkylation sites (N-methyl/N-ethyl adjacent to an activating group) is 1. The standard InChI is InChI=1S/C14H29N3OS/c1-7-14(8-2,12(15)19)13(18)16-11(10(3)4)9-17(5)6/h10-11H,7-9H2,1-6H3,(H2,15,19)(H,16,18). The Kier molecular flexibility index (Phi) is 7.52. The predicted molar refractivity (Wildman–Crippen MR) is 85.1 cm³/mol. The highest BCUT2D eigenvalue weighted by Crippen LogP contribution is 2.27. The van der Waals surface area contributed by atoms with Gasteiger partial charge in [-0.05, 0) is 32.9 Å². The van der Waals surface area contributed by atoms with Crippen LogP contribution < -0.4 is 11.1 Å². The molecule has 0 radical (unpaired) electrons. The van der Waals surface area contributed by atoms with Gasteiger partial charge in [-0.3, -0.25) is 4.79 Å². The van der Waals surface area contributed by atoms with Gasteiger partial charge in [0.25, 0.3) is 0 Å². The van der Waals surface area contributed by atoms with Crippen molar-refractivity contribution in [3.63, 3.8) is 0 Å². The Labute approximate surface area is 123 Å². The zero-order valence-electron chi connectivity index (χ0n) is 13.1. The highest BCUT2D eigenvalue weighted by atomic mass is 32.1. The number of nitrogens with zero attached hydrogens (tertiary/aromatic N) is 1. The molecule has 0 bridgehead atoms. The van der Waals surface area contributed by atoms with Crippen LogP contribution in [0.2, 0.25) is 0 Å². The Morgan fingerprint density at radius 1 is 1.32 bits per heavy atom. The number of hydrogen-bond acceptors (Lipinski definition) is 3. The summed E-state index contributed by atoms with van der Waals surface area (Å²) in [5.74, 6) is 0.328. The SMILES string of the molecule is CCC(CC)(C(=O)NC(CN(C)C)C(C)C)C(N)=S. The van der Waals surface area contributed by atoms with E-state index in [1.54, 1.807) is 0 Å². The van der Waals surface area contributed by atoms with E-state index in [4.69, 9.17) is 18.0 Å². The minimum atomic E-state index is -0.714. The molecule has 0 heterocycles. The Balaban J connectivity index is 5.01. The third-order valence-electron chi connectivity index (χ3n) is 3.80. The number of hydrogen-bond donors (Lipinski definition) is 2. The molecular weight excluding hydrogens is 258 g/mol. The zero-order valence-corrected chi connectivity index (χ0v) is 13.9. The van der Waals surface area contributed by atoms with Gasteiger partial charge in [0.1, 0.15) is 0 Å². The number of nitrogens with two attached hydrogens (primary N) is 1. The van der Waals surface area contributed by atoms with Crippen molar-refractivity contribution >= 4 is 23.1 Å². The van der Waals surface area contributed by atoms with Crippen LogP contribution in [0.5, 0.6) is 0 Å². The van der Waals surface area contributed by atoms with Crippen LogP contribution in [0.1, 0.15) is 40.5 Å². The average Bonchev–Trinajstić information content (AvgIpc) is 2.29. The Morgan fingerprint density at radius 2 is 1.79 bits per heavy atom. The zero-order chi connectivity index (χ0) is 15.2. The molecule has 112 valence electrons. The second-order valence-electron chi connectivity index (χ2n) is 5.74. The second-order valence-corrected chi connectivity index (χ2v) is 6.18. The third-order valence-corrected chi connectivity index (χ3v) is 4.19. The summed E-state index contributed by atoms with van der Waals surface area (Å²) in [5, 5.41) is 3.12. The van der Waals surface area contributed by atoms with Gasteiger partial charge in [-0.15, -0.1) is 0 Å². The molecule has 19 heavy (non-hydrogen) atoms. The summed E-state index contributed by atoms with van der Waals surface area (Å²) >= 11 is 5.12. The van der Waals surface area contributed by atoms with Gasteiger partial charge in [-0.2, -0.15) is 0 Å². The normalized spacial score (nSPS) is 13.7. The molecule has 0 saturated heterocycles. The van der Waals surface area contributed by atoms with Crippen LogP contribution >= 0.6 is 12.2 Å². The summed E-state index contributed by atoms with van der Waals surface area (Å²) in [6.07, 6.45) is 1.27. The Morgan fingerprint density at radius 3 is 2.05 bits per heavy atom. The van der Waals surface area contributed by atoms with Gasteiger partial charge in [0.05, 0.1) is 10.4 Å². The molecule has 0 aromatic heterocycles. The van der Waals surface area contributed by atoms with Gasteiger partial charge in [0, 0.05) is 12.6 Å². The molecule has 0 aliphatic heterocycles. The topological polar surface area (TPSA) is 58.4 Å². The van der Waals surface area contributed by atoms with Crippen LogP contribution in [0.25, 0.3) is 0 Å². The van der Waals surface area contributed by atoms with Gasteiger partial charge in [0.15, 0.2) is 0 Å². The van der Waals surface area contributed by atoms with Crippen molar-refractivity contribution in [2.45, 2.75) is 46.6 Å². The smallest absolute Gasteiger partial charge is 0.233 e. The Bertz CT molecular complexity index is 312. The maximum absolute atomic E-state index is 12.6. The Hall–Kier alpha value is -0.680. The first-order valence-electron chi connectivity index (χ1n) is 6.96. The van der Waals surface area contributed by atoms with E-state index in [-0.39, 0.29) is 11.9 Å². The molecule has 0 aliphatic carbocycles. The number of thiocarbonyl (C=S) groups is 1. The third kappa shape index (κ3) is 4.73. The molecule has 0 rings (SSSR count). The molecule has 0 aliphatic rings. The van der Waals surface area contributed by atoms with Crippen molar-refractivity contribution < 1.29 is 4.79 Å². The summed E-state index contributed by atoms with van der Waals surface area (Å²) < 4.78 is 0. The number of carbonyl (C=O) groups excluding carboxylic acids is 1. The lowest BCUT2D eigenvalue weighted by Gasteiger charge is -2.33. The summed E-state index contributed by atoms with van der Waals surface area (Å²) in [5.41, 5.74) is 5.09. The van der Waals surface area contributed by atoms with Gasteiger partial charge in [-0.25, -0.2) is 0 Å². The number of amides is 1. The fourth-order valence-electron chi connectivity index (χ4n) is 2.15. The van der Waals surface area contributed by atoms with Gasteiger partial charge in [0.2, 0.25) is 5.91 Å². The summed E-state index contributed by atoms with van der Waals surface area (Å²) in [6.45, 7) is 8.94. The van der Waals surface area contributed by atoms with Crippen molar-refractivity contribution in [3.05, 3.63) is 0 Å². The van der Waals surface area contributed by atoms with Crippen molar-refractivity contribution in [1.29, 1.82) is 0 Å². The lowest BCUT2D eigenvalue weighted by Crippen LogP contribution is -2.54. The largest absolute Gasteiger partial charge is 0.392 e. The van der Waals surface area contributed by atoms with E-state index in [1.165, 1.54) is 0 Å². The minimum Gasteiger partial charge on any atom is -0.392 e. The molecule has 4 nitrogen and oxygen atoms in total. The number of carbonyl (C=O) groups is 1. The molecule has 1 unspecified atom stereocenters. The summed E-state index contributed by atoms with van der Waals surface area (Å²) in [6, 6.07) is 0.106. The van der Waals surface area contributed by atoms with Crippen molar-refractivity contribution in [2.75, 3.05) is 20.6 Å². The second kappa shape index (κ2) is 7.80. The fraction of sp³-hybridized carbons (Fsp3) is 0.857. The maximum Gasteiger partial charge on any atom is 0.233 e. The van der Waals surface area contributed by atoms with Crippen LogP contribution in [-0.2, 0) is 4.79 Å². The van der Waals surface area contributed by atoms with Gasteiger partial charge < -0.3 is 16.0 Å². The quantitative estimate of drug-likeness (QED) is 0.668. The molecule has 3 N–H and O–H groups in total. The van der Waals surface area contributed by atoms with Crippen LogP contribution in [0, 0.1) is 11.3 Å². The van der Waals surface area contributed by atoms with Crippen LogP contribution in [-0.4, -0.2) is 42.5 Å². The number of nitrogens with one attached hydrogen (secondary N) is 1. The molecule has 0 saturated carbocycles. The first-order valence-corrected chi connectivity index (χ1v) is 7.37. The molecule has 0 aromatic carbocycles. The molecular formula is C14H29N3OS. The van der Waals surface area contributed by atoms with Gasteiger partial charge >= 0.3 is 0 Å². The van der Waals surface area contributed by atoms with Gasteiger partial charge in [-0.1, -0.05) is 39.9 Å². The van der Waals surface area contributed by atoms with Crippen LogP contribution in [0.4, 0.5) is 0 Å². The first kappa shape index (κ1) is 18.3. The lowest BCUT2D eigenvalue weighted by atomic mass is 9.80. The fourth-order valence-corrected chi connectivity index (χ4v) is 2.54. The molecule has 0 aromatic rings. The van der Waals surface area contributed by atoms with Crippen LogP contribution in [0.15, 0.2) is 0 Å². The number of rotatable bonds is 8. The monoisotopic (exact) mass is 287 g/mol. The highest BCUT2D eigenvalue weighted by Gasteiger charge is 2.39. The lowest BCUT2D eigenvalue weighted by molar-refractivity contribution is -0.129. The molecule has 0 fully saturated rings. The minimum absolute atomic E-state index is 0.0365. The van der Waals surface area contributed by atoms with Crippen LogP contribution in [0.3, 0.4) is 0 Å². The van der Waals surface area contributed by atoms with E-state index < -0.39 is 5.41 Å². The van der Waals surface area contributed by atoms with E-state index in [9.17, 15) is 4.79 Å². The summed E-state index contributed by atoms with van der Waals surface area (Å²) in [4.78, 5) is 14.9. The van der Waals surface area contributed by atoms with Crippen molar-refractivity contribution in [2.24, 2.45) is 17.1 Å². The molecule has 1 atom stereocenters. The van der Waals surface area contributed by atoms with E-state index in [0.29, 0.717) is 23.7 Å². The molecule has 1 amide bonds. The maximum atomic E-state index is 12.6. The average molecular weight is 287 g/mol. The predicted octanol–water partition coefficient (Wildman–Crippen LogP) is 1.78. The van der Waals surface area contributed by atoms with E-state index in [2.05, 4.69) is 24.1 Å². The van der Waals surface area contributed by atoms with Crippen molar-refractivity contribution in [1.82, 2.24) is 10.2 Å². The van der Waals surface area contributed by atoms with E-state index >= 15 is 0 Å². The highest BCUT2D eigenvalue weighted by molar-refractivity contribution is 7.80.